The molecule has 0 fully saturated rings. The van der Waals surface area contributed by atoms with Gasteiger partial charge in [0, 0.05) is 13.1 Å². The van der Waals surface area contributed by atoms with Crippen molar-refractivity contribution in [3.8, 4) is 0 Å². The second-order valence-electron chi connectivity index (χ2n) is 4.56. The molecule has 1 aromatic carbocycles. The van der Waals surface area contributed by atoms with Crippen LogP contribution in [0.2, 0.25) is 0 Å². The number of hydrogen-bond donors (Lipinski definition) is 1. The Morgan fingerprint density at radius 1 is 1.35 bits per heavy atom. The molecule has 0 amide bonds. The molecule has 0 aliphatic heterocycles. The van der Waals surface area contributed by atoms with E-state index < -0.39 is 11.8 Å². The molecule has 1 N–H and O–H groups in total. The first-order valence-corrected chi connectivity index (χ1v) is 5.60. The molecule has 4 heteroatoms. The second kappa shape index (κ2) is 5.17. The summed E-state index contributed by atoms with van der Waals surface area (Å²) in [6, 6.07) is 4.03. The molecule has 3 nitrogen and oxygen atoms in total. The van der Waals surface area contributed by atoms with Gasteiger partial charge in [0.05, 0.1) is 11.3 Å². The molecular weight excluding hydrogens is 221 g/mol. The van der Waals surface area contributed by atoms with Gasteiger partial charge in [-0.15, -0.1) is 0 Å². The highest BCUT2D eigenvalue weighted by molar-refractivity contribution is 5.94. The van der Waals surface area contributed by atoms with E-state index in [0.717, 1.165) is 6.07 Å². The Hall–Kier alpha value is -1.58. The summed E-state index contributed by atoms with van der Waals surface area (Å²) in [6.45, 7) is 6.13. The van der Waals surface area contributed by atoms with Crippen LogP contribution >= 0.6 is 0 Å². The van der Waals surface area contributed by atoms with Crippen molar-refractivity contribution in [2.45, 2.75) is 26.8 Å². The highest BCUT2D eigenvalue weighted by atomic mass is 19.1. The molecule has 0 radical (unpaired) electrons. The van der Waals surface area contributed by atoms with Crippen molar-refractivity contribution in [2.24, 2.45) is 5.92 Å². The maximum atomic E-state index is 13.0. The maximum Gasteiger partial charge on any atom is 0.337 e. The van der Waals surface area contributed by atoms with Crippen LogP contribution in [0.4, 0.5) is 10.1 Å². The number of benzene rings is 1. The fourth-order valence-corrected chi connectivity index (χ4v) is 1.65. The monoisotopic (exact) mass is 239 g/mol. The summed E-state index contributed by atoms with van der Waals surface area (Å²) in [5.41, 5.74) is 0.542. The molecule has 1 atom stereocenters. The summed E-state index contributed by atoms with van der Waals surface area (Å²) in [5.74, 6) is -1.26. The molecule has 0 aromatic heterocycles. The quantitative estimate of drug-likeness (QED) is 0.878. The third kappa shape index (κ3) is 2.96. The van der Waals surface area contributed by atoms with Crippen LogP contribution in [0, 0.1) is 11.7 Å². The summed E-state index contributed by atoms with van der Waals surface area (Å²) in [6.07, 6.45) is 0. The van der Waals surface area contributed by atoms with Gasteiger partial charge in [-0.1, -0.05) is 13.8 Å². The van der Waals surface area contributed by atoms with Gasteiger partial charge >= 0.3 is 5.97 Å². The van der Waals surface area contributed by atoms with Gasteiger partial charge in [-0.25, -0.2) is 9.18 Å². The van der Waals surface area contributed by atoms with Gasteiger partial charge in [0.2, 0.25) is 0 Å². The van der Waals surface area contributed by atoms with Crippen molar-refractivity contribution in [2.75, 3.05) is 11.9 Å². The predicted octanol–water partition coefficient (Wildman–Crippen LogP) is 3.00. The van der Waals surface area contributed by atoms with E-state index in [4.69, 9.17) is 5.11 Å². The number of rotatable bonds is 4. The Morgan fingerprint density at radius 2 is 1.94 bits per heavy atom. The average Bonchev–Trinajstić information content (AvgIpc) is 2.26. The van der Waals surface area contributed by atoms with Gasteiger partial charge < -0.3 is 10.0 Å². The number of anilines is 1. The molecule has 0 aliphatic carbocycles. The van der Waals surface area contributed by atoms with Crippen molar-refractivity contribution in [3.63, 3.8) is 0 Å². The van der Waals surface area contributed by atoms with Gasteiger partial charge in [0.1, 0.15) is 5.82 Å². The van der Waals surface area contributed by atoms with E-state index in [-0.39, 0.29) is 11.6 Å². The van der Waals surface area contributed by atoms with E-state index in [1.54, 1.807) is 0 Å². The highest BCUT2D eigenvalue weighted by Crippen LogP contribution is 2.24. The standard InChI is InChI=1S/C13H18FNO2/c1-8(2)9(3)15(4)12-6-5-10(14)7-11(12)13(16)17/h5-9H,1-4H3,(H,16,17). The van der Waals surface area contributed by atoms with E-state index in [0.29, 0.717) is 11.6 Å². The Morgan fingerprint density at radius 3 is 2.41 bits per heavy atom. The summed E-state index contributed by atoms with van der Waals surface area (Å²) >= 11 is 0. The fraction of sp³-hybridized carbons (Fsp3) is 0.462. The Labute approximate surface area is 101 Å². The summed E-state index contributed by atoms with van der Waals surface area (Å²) in [5, 5.41) is 9.07. The van der Waals surface area contributed by atoms with Crippen molar-refractivity contribution in [1.29, 1.82) is 0 Å². The molecule has 1 aromatic rings. The lowest BCUT2D eigenvalue weighted by Gasteiger charge is -2.31. The SMILES string of the molecule is CC(C)C(C)N(C)c1ccc(F)cc1C(=O)O. The Balaban J connectivity index is 3.17. The number of halogens is 1. The molecule has 0 aliphatic rings. The van der Waals surface area contributed by atoms with E-state index in [9.17, 15) is 9.18 Å². The van der Waals surface area contributed by atoms with E-state index >= 15 is 0 Å². The summed E-state index contributed by atoms with van der Waals surface area (Å²) in [4.78, 5) is 12.9. The molecule has 94 valence electrons. The van der Waals surface area contributed by atoms with Crippen LogP contribution in [-0.4, -0.2) is 24.2 Å². The largest absolute Gasteiger partial charge is 0.478 e. The molecule has 1 rings (SSSR count). The van der Waals surface area contributed by atoms with Crippen LogP contribution in [0.1, 0.15) is 31.1 Å². The maximum absolute atomic E-state index is 13.0. The van der Waals surface area contributed by atoms with Crippen LogP contribution in [0.5, 0.6) is 0 Å². The van der Waals surface area contributed by atoms with E-state index in [1.165, 1.54) is 12.1 Å². The molecule has 0 bridgehead atoms. The van der Waals surface area contributed by atoms with Crippen molar-refractivity contribution in [3.05, 3.63) is 29.6 Å². The van der Waals surface area contributed by atoms with Crippen molar-refractivity contribution >= 4 is 11.7 Å². The zero-order valence-electron chi connectivity index (χ0n) is 10.6. The lowest BCUT2D eigenvalue weighted by atomic mass is 10.0. The molecule has 0 spiro atoms. The minimum atomic E-state index is -1.11. The second-order valence-corrected chi connectivity index (χ2v) is 4.56. The molecule has 0 saturated heterocycles. The molecule has 0 saturated carbocycles. The normalized spacial score (nSPS) is 12.6. The lowest BCUT2D eigenvalue weighted by Crippen LogP contribution is -2.34. The number of carboxylic acids is 1. The molecule has 0 heterocycles. The van der Waals surface area contributed by atoms with Crippen molar-refractivity contribution in [1.82, 2.24) is 0 Å². The number of hydrogen-bond acceptors (Lipinski definition) is 2. The first kappa shape index (κ1) is 13.5. The Bertz CT molecular complexity index is 418. The average molecular weight is 239 g/mol. The van der Waals surface area contributed by atoms with Gasteiger partial charge in [-0.3, -0.25) is 0 Å². The smallest absolute Gasteiger partial charge is 0.337 e. The van der Waals surface area contributed by atoms with Crippen LogP contribution in [-0.2, 0) is 0 Å². The van der Waals surface area contributed by atoms with Crippen LogP contribution < -0.4 is 4.90 Å². The minimum Gasteiger partial charge on any atom is -0.478 e. The van der Waals surface area contributed by atoms with Gasteiger partial charge in [-0.2, -0.15) is 0 Å². The van der Waals surface area contributed by atoms with Crippen LogP contribution in [0.15, 0.2) is 18.2 Å². The third-order valence-electron chi connectivity index (χ3n) is 3.14. The first-order valence-electron chi connectivity index (χ1n) is 5.60. The summed E-state index contributed by atoms with van der Waals surface area (Å²) in [7, 11) is 1.82. The highest BCUT2D eigenvalue weighted by Gasteiger charge is 2.19. The molecule has 17 heavy (non-hydrogen) atoms. The van der Waals surface area contributed by atoms with Crippen molar-refractivity contribution < 1.29 is 14.3 Å². The lowest BCUT2D eigenvalue weighted by molar-refractivity contribution is 0.0697. The topological polar surface area (TPSA) is 40.5 Å². The number of carboxylic acid groups (broad SMARTS) is 1. The number of nitrogens with zero attached hydrogens (tertiary/aromatic N) is 1. The Kier molecular flexibility index (Phi) is 4.10. The van der Waals surface area contributed by atoms with Gasteiger partial charge in [0.25, 0.3) is 0 Å². The zero-order valence-corrected chi connectivity index (χ0v) is 10.6. The third-order valence-corrected chi connectivity index (χ3v) is 3.14. The van der Waals surface area contributed by atoms with E-state index in [1.807, 2.05) is 18.9 Å². The van der Waals surface area contributed by atoms with E-state index in [2.05, 4.69) is 13.8 Å². The zero-order chi connectivity index (χ0) is 13.2. The van der Waals surface area contributed by atoms with Gasteiger partial charge in [0.15, 0.2) is 0 Å². The van der Waals surface area contributed by atoms with Crippen LogP contribution in [0.3, 0.4) is 0 Å². The summed E-state index contributed by atoms with van der Waals surface area (Å²) < 4.78 is 13.0. The van der Waals surface area contributed by atoms with Crippen LogP contribution in [0.25, 0.3) is 0 Å². The predicted molar refractivity (Wildman–Crippen MR) is 66.1 cm³/mol. The first-order chi connectivity index (χ1) is 7.84. The number of carbonyl (C=O) groups is 1. The fourth-order valence-electron chi connectivity index (χ4n) is 1.65. The number of aromatic carboxylic acids is 1. The molecule has 1 unspecified atom stereocenters. The minimum absolute atomic E-state index is 0.000000000000000222. The molecular formula is C13H18FNO2. The van der Waals surface area contributed by atoms with Gasteiger partial charge in [-0.05, 0) is 31.0 Å².